The quantitative estimate of drug-likeness (QED) is 0.616. The summed E-state index contributed by atoms with van der Waals surface area (Å²) in [4.78, 5) is 2.25. The summed E-state index contributed by atoms with van der Waals surface area (Å²) >= 11 is 0. The van der Waals surface area contributed by atoms with Crippen molar-refractivity contribution in [1.29, 1.82) is 0 Å². The summed E-state index contributed by atoms with van der Waals surface area (Å²) in [5.74, 6) is 1.75. The van der Waals surface area contributed by atoms with E-state index in [-0.39, 0.29) is 6.10 Å². The maximum Gasteiger partial charge on any atom is 0.138 e. The van der Waals surface area contributed by atoms with Crippen molar-refractivity contribution in [2.75, 3.05) is 19.7 Å². The average molecular weight is 439 g/mol. The highest BCUT2D eigenvalue weighted by atomic mass is 16.5. The Bertz CT molecular complexity index is 871. The van der Waals surface area contributed by atoms with Crippen molar-refractivity contribution in [2.45, 2.75) is 77.8 Å². The first-order chi connectivity index (χ1) is 15.4. The molecule has 1 heterocycles. The van der Waals surface area contributed by atoms with Gasteiger partial charge in [-0.3, -0.25) is 4.90 Å². The van der Waals surface area contributed by atoms with Gasteiger partial charge in [0.2, 0.25) is 0 Å². The maximum atomic E-state index is 10.5. The van der Waals surface area contributed by atoms with Crippen molar-refractivity contribution in [3.05, 3.63) is 58.7 Å². The third-order valence-electron chi connectivity index (χ3n) is 6.96. The Kier molecular flexibility index (Phi) is 7.39. The molecule has 2 aromatic carbocycles. The van der Waals surface area contributed by atoms with E-state index >= 15 is 0 Å². The lowest BCUT2D eigenvalue weighted by molar-refractivity contribution is 0.0736. The summed E-state index contributed by atoms with van der Waals surface area (Å²) in [5.41, 5.74) is 4.95. The van der Waals surface area contributed by atoms with E-state index in [1.165, 1.54) is 41.5 Å². The van der Waals surface area contributed by atoms with Gasteiger partial charge in [-0.25, -0.2) is 0 Å². The van der Waals surface area contributed by atoms with E-state index in [9.17, 15) is 5.11 Å². The molecule has 2 aromatic rings. The number of nitrogens with one attached hydrogen (secondary N) is 1. The first-order valence-electron chi connectivity index (χ1n) is 12.0. The second-order valence-electron chi connectivity index (χ2n) is 9.75. The molecule has 1 aliphatic heterocycles. The van der Waals surface area contributed by atoms with Gasteiger partial charge in [0.05, 0.1) is 0 Å². The monoisotopic (exact) mass is 438 g/mol. The molecule has 1 saturated carbocycles. The molecule has 3 atom stereocenters. The molecule has 5 heteroatoms. The second-order valence-corrected chi connectivity index (χ2v) is 9.75. The van der Waals surface area contributed by atoms with Crippen molar-refractivity contribution < 1.29 is 14.6 Å². The summed E-state index contributed by atoms with van der Waals surface area (Å²) < 4.78 is 12.1. The van der Waals surface area contributed by atoms with Crippen molar-refractivity contribution in [2.24, 2.45) is 0 Å². The lowest BCUT2D eigenvalue weighted by Crippen LogP contribution is -2.43. The lowest BCUT2D eigenvalue weighted by atomic mass is 9.92. The minimum absolute atomic E-state index is 0.205. The van der Waals surface area contributed by atoms with E-state index in [0.29, 0.717) is 25.2 Å². The first kappa shape index (κ1) is 23.1. The molecule has 2 aliphatic rings. The van der Waals surface area contributed by atoms with Crippen molar-refractivity contribution in [3.63, 3.8) is 0 Å². The number of benzene rings is 2. The van der Waals surface area contributed by atoms with E-state index in [1.807, 2.05) is 12.1 Å². The van der Waals surface area contributed by atoms with Crippen LogP contribution in [0.5, 0.6) is 11.5 Å². The standard InChI is InChI=1S/C27H38N2O3/c1-18-12-25(13-19(2)21(18)4)32-27-16-29(15-26(27)30)14-22-8-10-24(11-9-22)31-17-20(3)28-23-6-5-7-23/h8-13,20,23,26-28,30H,5-7,14-17H2,1-4H3/t20-,26-,27-/m0/s1. The molecule has 4 rings (SSSR count). The lowest BCUT2D eigenvalue weighted by Gasteiger charge is -2.29. The first-order valence-corrected chi connectivity index (χ1v) is 12.0. The molecule has 174 valence electrons. The molecule has 32 heavy (non-hydrogen) atoms. The average Bonchev–Trinajstić information content (AvgIpc) is 3.07. The van der Waals surface area contributed by atoms with E-state index in [0.717, 1.165) is 24.6 Å². The number of hydrogen-bond acceptors (Lipinski definition) is 5. The number of aliphatic hydroxyl groups excluding tert-OH is 1. The third-order valence-corrected chi connectivity index (χ3v) is 6.96. The molecule has 1 aliphatic carbocycles. The van der Waals surface area contributed by atoms with E-state index in [4.69, 9.17) is 9.47 Å². The highest BCUT2D eigenvalue weighted by molar-refractivity contribution is 5.40. The van der Waals surface area contributed by atoms with Gasteiger partial charge < -0.3 is 19.9 Å². The fourth-order valence-electron chi connectivity index (χ4n) is 4.51. The summed E-state index contributed by atoms with van der Waals surface area (Å²) in [6.45, 7) is 11.3. The van der Waals surface area contributed by atoms with Gasteiger partial charge in [0.1, 0.15) is 30.3 Å². The van der Waals surface area contributed by atoms with Crippen LogP contribution < -0.4 is 14.8 Å². The highest BCUT2D eigenvalue weighted by Gasteiger charge is 2.33. The molecule has 0 spiro atoms. The maximum absolute atomic E-state index is 10.5. The number of rotatable bonds is 9. The molecule has 5 nitrogen and oxygen atoms in total. The van der Waals surface area contributed by atoms with Gasteiger partial charge in [-0.05, 0) is 87.1 Å². The number of aryl methyl sites for hydroxylation is 2. The highest BCUT2D eigenvalue weighted by Crippen LogP contribution is 2.25. The fraction of sp³-hybridized carbons (Fsp3) is 0.556. The van der Waals surface area contributed by atoms with Crippen molar-refractivity contribution in [1.82, 2.24) is 10.2 Å². The topological polar surface area (TPSA) is 54.0 Å². The number of hydrogen-bond donors (Lipinski definition) is 2. The SMILES string of the molecule is Cc1cc(O[C@H]2CN(Cc3ccc(OC[C@H](C)NC4CCC4)cc3)C[C@@H]2O)cc(C)c1C. The van der Waals surface area contributed by atoms with Gasteiger partial charge in [-0.2, -0.15) is 0 Å². The Labute approximate surface area is 192 Å². The Morgan fingerprint density at radius 2 is 1.72 bits per heavy atom. The van der Waals surface area contributed by atoms with Gasteiger partial charge in [0, 0.05) is 31.7 Å². The van der Waals surface area contributed by atoms with Crippen LogP contribution in [0.25, 0.3) is 0 Å². The number of ether oxygens (including phenoxy) is 2. The van der Waals surface area contributed by atoms with Crippen LogP contribution in [-0.2, 0) is 6.54 Å². The van der Waals surface area contributed by atoms with Crippen LogP contribution in [-0.4, -0.2) is 54.0 Å². The zero-order valence-electron chi connectivity index (χ0n) is 19.9. The smallest absolute Gasteiger partial charge is 0.138 e. The predicted octanol–water partition coefficient (Wildman–Crippen LogP) is 4.15. The molecular weight excluding hydrogens is 400 g/mol. The van der Waals surface area contributed by atoms with Crippen LogP contribution in [0.2, 0.25) is 0 Å². The number of likely N-dealkylation sites (tertiary alicyclic amines) is 1. The largest absolute Gasteiger partial charge is 0.492 e. The van der Waals surface area contributed by atoms with E-state index in [2.05, 4.69) is 62.2 Å². The van der Waals surface area contributed by atoms with Crippen molar-refractivity contribution >= 4 is 0 Å². The van der Waals surface area contributed by atoms with Gasteiger partial charge in [0.15, 0.2) is 0 Å². The van der Waals surface area contributed by atoms with E-state index < -0.39 is 6.10 Å². The Morgan fingerprint density at radius 1 is 1.03 bits per heavy atom. The molecule has 0 unspecified atom stereocenters. The van der Waals surface area contributed by atoms with Crippen molar-refractivity contribution in [3.8, 4) is 11.5 Å². The summed E-state index contributed by atoms with van der Waals surface area (Å²) in [7, 11) is 0. The normalized spacial score (nSPS) is 22.5. The minimum atomic E-state index is -0.482. The summed E-state index contributed by atoms with van der Waals surface area (Å²) in [6, 6.07) is 13.5. The van der Waals surface area contributed by atoms with Gasteiger partial charge >= 0.3 is 0 Å². The Morgan fingerprint density at radius 3 is 2.34 bits per heavy atom. The van der Waals surface area contributed by atoms with Gasteiger partial charge in [0.25, 0.3) is 0 Å². The number of β-amino-alcohol motifs (C(OH)–C–C–N with tert-alkyl or cyclic N) is 1. The summed E-state index contributed by atoms with van der Waals surface area (Å²) in [5, 5.41) is 14.2. The molecule has 0 aromatic heterocycles. The van der Waals surface area contributed by atoms with Gasteiger partial charge in [-0.1, -0.05) is 18.6 Å². The molecule has 0 radical (unpaired) electrons. The van der Waals surface area contributed by atoms with E-state index in [1.54, 1.807) is 0 Å². The third kappa shape index (κ3) is 5.83. The minimum Gasteiger partial charge on any atom is -0.492 e. The Balaban J connectivity index is 1.25. The summed E-state index contributed by atoms with van der Waals surface area (Å²) in [6.07, 6.45) is 3.24. The van der Waals surface area contributed by atoms with Crippen LogP contribution >= 0.6 is 0 Å². The van der Waals surface area contributed by atoms with Crippen LogP contribution in [0.1, 0.15) is 48.4 Å². The van der Waals surface area contributed by atoms with Crippen LogP contribution in [0.3, 0.4) is 0 Å². The predicted molar refractivity (Wildman–Crippen MR) is 129 cm³/mol. The molecule has 0 bridgehead atoms. The van der Waals surface area contributed by atoms with Gasteiger partial charge in [-0.15, -0.1) is 0 Å². The Hall–Kier alpha value is -2.08. The van der Waals surface area contributed by atoms with Crippen LogP contribution in [0, 0.1) is 20.8 Å². The van der Waals surface area contributed by atoms with Crippen LogP contribution in [0.4, 0.5) is 0 Å². The number of nitrogens with zero attached hydrogens (tertiary/aromatic N) is 1. The molecule has 2 fully saturated rings. The second kappa shape index (κ2) is 10.2. The van der Waals surface area contributed by atoms with Crippen LogP contribution in [0.15, 0.2) is 36.4 Å². The fourth-order valence-corrected chi connectivity index (χ4v) is 4.51. The molecule has 2 N–H and O–H groups in total. The molecular formula is C27H38N2O3. The number of aliphatic hydroxyl groups is 1. The molecule has 0 amide bonds. The zero-order chi connectivity index (χ0) is 22.7. The molecule has 1 saturated heterocycles. The zero-order valence-corrected chi connectivity index (χ0v) is 19.9.